The molecular formula is C38H33ClN4O6S. The number of nitrogens with zero attached hydrogens (tertiary/aromatic N) is 2. The van der Waals surface area contributed by atoms with E-state index >= 15 is 0 Å². The van der Waals surface area contributed by atoms with Crippen LogP contribution in [0.3, 0.4) is 0 Å². The Kier molecular flexibility index (Phi) is 9.46. The third-order valence-corrected chi connectivity index (χ3v) is 10.4. The molecule has 0 unspecified atom stereocenters. The number of hydrogen-bond donors (Lipinski definition) is 3. The molecule has 0 radical (unpaired) electrons. The van der Waals surface area contributed by atoms with Crippen LogP contribution in [0.1, 0.15) is 38.8 Å². The molecule has 0 fully saturated rings. The molecule has 2 aliphatic heterocycles. The van der Waals surface area contributed by atoms with Crippen molar-refractivity contribution < 1.29 is 28.0 Å². The summed E-state index contributed by atoms with van der Waals surface area (Å²) in [6.07, 6.45) is 7.09. The average Bonchev–Trinajstić information content (AvgIpc) is 3.72. The first kappa shape index (κ1) is 33.2. The number of rotatable bonds is 13. The van der Waals surface area contributed by atoms with Gasteiger partial charge in [0, 0.05) is 47.2 Å². The van der Waals surface area contributed by atoms with Crippen LogP contribution in [0.15, 0.2) is 138 Å². The van der Waals surface area contributed by atoms with Gasteiger partial charge in [0.05, 0.1) is 24.4 Å². The quantitative estimate of drug-likeness (QED) is 0.123. The van der Waals surface area contributed by atoms with Crippen LogP contribution in [-0.4, -0.2) is 42.3 Å². The van der Waals surface area contributed by atoms with Crippen molar-refractivity contribution in [2.75, 3.05) is 13.2 Å². The van der Waals surface area contributed by atoms with Gasteiger partial charge >= 0.3 is 5.97 Å². The molecule has 4 aromatic carbocycles. The van der Waals surface area contributed by atoms with Crippen LogP contribution in [0.5, 0.6) is 5.75 Å². The third kappa shape index (κ3) is 6.76. The van der Waals surface area contributed by atoms with Crippen molar-refractivity contribution in [1.82, 2.24) is 19.8 Å². The van der Waals surface area contributed by atoms with Gasteiger partial charge in [-0.25, -0.2) is 28.5 Å². The smallest absolute Gasteiger partial charge is 0.335 e. The molecule has 0 saturated carbocycles. The van der Waals surface area contributed by atoms with E-state index < -0.39 is 16.0 Å². The molecule has 7 rings (SSSR count). The summed E-state index contributed by atoms with van der Waals surface area (Å²) in [6.45, 7) is 0.393. The molecule has 2 aliphatic rings. The molecule has 1 aromatic heterocycles. The van der Waals surface area contributed by atoms with Crippen molar-refractivity contribution >= 4 is 38.5 Å². The van der Waals surface area contributed by atoms with E-state index in [2.05, 4.69) is 39.0 Å². The maximum absolute atomic E-state index is 13.6. The van der Waals surface area contributed by atoms with Crippen molar-refractivity contribution in [3.8, 4) is 5.75 Å². The lowest BCUT2D eigenvalue weighted by Crippen LogP contribution is -2.31. The number of nitrogens with one attached hydrogen (secondary N) is 2. The Morgan fingerprint density at radius 1 is 0.940 bits per heavy atom. The molecule has 0 bridgehead atoms. The Morgan fingerprint density at radius 2 is 1.64 bits per heavy atom. The van der Waals surface area contributed by atoms with Crippen molar-refractivity contribution in [3.05, 3.63) is 171 Å². The largest absolute Gasteiger partial charge is 0.493 e. The van der Waals surface area contributed by atoms with E-state index in [1.165, 1.54) is 29.5 Å². The fourth-order valence-corrected chi connectivity index (χ4v) is 7.80. The first-order chi connectivity index (χ1) is 24.3. The number of carboxylic acid groups (broad SMARTS) is 1. The number of ether oxygens (including phenoxy) is 1. The molecule has 0 saturated heterocycles. The first-order valence-electron chi connectivity index (χ1n) is 16.0. The van der Waals surface area contributed by atoms with Gasteiger partial charge in [0.2, 0.25) is 10.0 Å². The van der Waals surface area contributed by atoms with Gasteiger partial charge in [-0.15, -0.1) is 0 Å². The summed E-state index contributed by atoms with van der Waals surface area (Å²) in [6, 6.07) is 32.2. The summed E-state index contributed by atoms with van der Waals surface area (Å²) in [5.41, 5.74) is 8.12. The minimum atomic E-state index is -3.92. The van der Waals surface area contributed by atoms with Crippen LogP contribution in [0.25, 0.3) is 10.9 Å². The second-order valence-corrected chi connectivity index (χ2v) is 13.9. The Bertz CT molecular complexity index is 2190. The van der Waals surface area contributed by atoms with Gasteiger partial charge in [0.1, 0.15) is 16.4 Å². The third-order valence-electron chi connectivity index (χ3n) is 8.64. The molecular weight excluding hydrogens is 676 g/mol. The molecule has 5 aromatic rings. The summed E-state index contributed by atoms with van der Waals surface area (Å²) < 4.78 is 38.5. The fraction of sp³-hybridized carbons (Fsp3) is 0.132. The molecule has 0 aliphatic carbocycles. The second-order valence-electron chi connectivity index (χ2n) is 11.7. The summed E-state index contributed by atoms with van der Waals surface area (Å²) in [4.78, 5) is 16.7. The zero-order valence-electron chi connectivity index (χ0n) is 26.7. The SMILES string of the molecule is O=C(O)c1ccc(OCCc2c(CCNS(=O)(=O)C3=CC=CN4ONC=C34)n(C(c3ccccc3)c3ccccc3)c3ccc(Cl)cc23)cc1. The van der Waals surface area contributed by atoms with E-state index in [9.17, 15) is 18.3 Å². The molecule has 3 N–H and O–H groups in total. The first-order valence-corrected chi connectivity index (χ1v) is 17.8. The van der Waals surface area contributed by atoms with Gasteiger partial charge in [-0.3, -0.25) is 0 Å². The van der Waals surface area contributed by atoms with E-state index in [1.807, 2.05) is 54.6 Å². The lowest BCUT2D eigenvalue weighted by molar-refractivity contribution is -0.112. The summed E-state index contributed by atoms with van der Waals surface area (Å²) in [7, 11) is -3.92. The molecule has 50 heavy (non-hydrogen) atoms. The van der Waals surface area contributed by atoms with Crippen LogP contribution in [0.2, 0.25) is 5.02 Å². The number of sulfonamides is 1. The highest BCUT2D eigenvalue weighted by Crippen LogP contribution is 2.38. The summed E-state index contributed by atoms with van der Waals surface area (Å²) in [5.74, 6) is -0.465. The van der Waals surface area contributed by atoms with Crippen LogP contribution in [0, 0.1) is 0 Å². The van der Waals surface area contributed by atoms with Crippen LogP contribution >= 0.6 is 11.6 Å². The van der Waals surface area contributed by atoms with Crippen LogP contribution < -0.4 is 14.9 Å². The van der Waals surface area contributed by atoms with E-state index in [0.29, 0.717) is 29.3 Å². The molecule has 0 atom stereocenters. The van der Waals surface area contributed by atoms with Gasteiger partial charge in [-0.1, -0.05) is 72.3 Å². The normalized spacial score (nSPS) is 14.0. The van der Waals surface area contributed by atoms with Crippen molar-refractivity contribution in [2.45, 2.75) is 18.9 Å². The zero-order valence-corrected chi connectivity index (χ0v) is 28.3. The highest BCUT2D eigenvalue weighted by molar-refractivity contribution is 7.93. The van der Waals surface area contributed by atoms with E-state index in [1.54, 1.807) is 24.4 Å². The van der Waals surface area contributed by atoms with Gasteiger partial charge in [-0.2, -0.15) is 4.94 Å². The summed E-state index contributed by atoms with van der Waals surface area (Å²) in [5, 5.41) is 12.2. The number of carboxylic acids is 1. The molecule has 0 amide bonds. The molecule has 12 heteroatoms. The highest BCUT2D eigenvalue weighted by Gasteiger charge is 2.31. The van der Waals surface area contributed by atoms with Gasteiger partial charge < -0.3 is 14.4 Å². The molecule has 3 heterocycles. The van der Waals surface area contributed by atoms with Crippen LogP contribution in [-0.2, 0) is 27.8 Å². The number of hydrogen-bond acceptors (Lipinski definition) is 7. The minimum Gasteiger partial charge on any atom is -0.493 e. The Hall–Kier alpha value is -5.33. The van der Waals surface area contributed by atoms with E-state index in [-0.39, 0.29) is 29.7 Å². The van der Waals surface area contributed by atoms with Gasteiger partial charge in [-0.05, 0) is 71.3 Å². The zero-order chi connectivity index (χ0) is 34.7. The number of halogens is 1. The predicted octanol–water partition coefficient (Wildman–Crippen LogP) is 6.72. The minimum absolute atomic E-state index is 0.0892. The van der Waals surface area contributed by atoms with Gasteiger partial charge in [0.25, 0.3) is 0 Å². The van der Waals surface area contributed by atoms with Crippen molar-refractivity contribution in [2.24, 2.45) is 0 Å². The maximum Gasteiger partial charge on any atom is 0.335 e. The highest BCUT2D eigenvalue weighted by atomic mass is 35.5. The van der Waals surface area contributed by atoms with Crippen molar-refractivity contribution in [3.63, 3.8) is 0 Å². The molecule has 10 nitrogen and oxygen atoms in total. The number of allylic oxidation sites excluding steroid dienone is 2. The topological polar surface area (TPSA) is 122 Å². The van der Waals surface area contributed by atoms with E-state index in [0.717, 1.165) is 33.3 Å². The molecule has 254 valence electrons. The predicted molar refractivity (Wildman–Crippen MR) is 192 cm³/mol. The number of benzene rings is 4. The Morgan fingerprint density at radius 3 is 2.32 bits per heavy atom. The average molecular weight is 709 g/mol. The van der Waals surface area contributed by atoms with E-state index in [4.69, 9.17) is 21.3 Å². The standard InChI is InChI=1S/C38H33ClN4O6S/c39-29-15-18-33-32(24-29)31(20-23-48-30-16-13-28(14-17-30)38(44)45)34(19-21-41-50(46,47)36-12-7-22-42-35(36)25-40-49-42)43(33)37(26-8-3-1-4-9-26)27-10-5-2-6-11-27/h1-18,22,24-25,37,40-41H,19-21,23H2,(H,44,45). The monoisotopic (exact) mass is 708 g/mol. The van der Waals surface area contributed by atoms with Gasteiger partial charge in [0.15, 0.2) is 0 Å². The number of carbonyl (C=O) groups is 1. The number of hydroxylamine groups is 3. The number of aromatic carboxylic acids is 1. The number of fused-ring (bicyclic) bond motifs is 2. The van der Waals surface area contributed by atoms with Crippen LogP contribution in [0.4, 0.5) is 0 Å². The Balaban J connectivity index is 1.29. The lowest BCUT2D eigenvalue weighted by atomic mass is 9.97. The Labute approximate surface area is 294 Å². The molecule has 0 spiro atoms. The van der Waals surface area contributed by atoms with Crippen molar-refractivity contribution in [1.29, 1.82) is 0 Å². The summed E-state index contributed by atoms with van der Waals surface area (Å²) >= 11 is 6.61. The lowest BCUT2D eigenvalue weighted by Gasteiger charge is -2.25. The number of aromatic nitrogens is 1. The fourth-order valence-electron chi connectivity index (χ4n) is 6.42. The second kappa shape index (κ2) is 14.3. The maximum atomic E-state index is 13.6.